The van der Waals surface area contributed by atoms with E-state index in [0.29, 0.717) is 16.5 Å². The Balaban J connectivity index is 2.32. The van der Waals surface area contributed by atoms with Gasteiger partial charge >= 0.3 is 7.60 Å². The van der Waals surface area contributed by atoms with Crippen molar-refractivity contribution in [2.45, 2.75) is 4.90 Å². The molecule has 0 fully saturated rings. The van der Waals surface area contributed by atoms with Crippen LogP contribution in [0.5, 0.6) is 5.75 Å². The van der Waals surface area contributed by atoms with Crippen molar-refractivity contribution in [2.24, 2.45) is 0 Å². The zero-order chi connectivity index (χ0) is 16.5. The summed E-state index contributed by atoms with van der Waals surface area (Å²) in [7, 11) is -8.51. The predicted molar refractivity (Wildman–Crippen MR) is 80.8 cm³/mol. The van der Waals surface area contributed by atoms with E-state index in [9.17, 15) is 18.1 Å². The Kier molecular flexibility index (Phi) is 4.46. The smallest absolute Gasteiger partial charge is 0.327 e. The summed E-state index contributed by atoms with van der Waals surface area (Å²) in [5, 5.41) is 13.4. The number of phenolic OH excluding ortho intramolecular Hbond substituents is 1. The summed E-state index contributed by atoms with van der Waals surface area (Å²) in [5.74, 6) is -0.330. The van der Waals surface area contributed by atoms with E-state index in [1.165, 1.54) is 18.2 Å². The molecular weight excluding hydrogens is 333 g/mol. The van der Waals surface area contributed by atoms with Gasteiger partial charge in [0.15, 0.2) is 0 Å². The highest BCUT2D eigenvalue weighted by Gasteiger charge is 2.14. The zero-order valence-corrected chi connectivity index (χ0v) is 12.9. The van der Waals surface area contributed by atoms with E-state index >= 15 is 0 Å². The van der Waals surface area contributed by atoms with E-state index < -0.39 is 22.6 Å². The average Bonchev–Trinajstić information content (AvgIpc) is 2.36. The van der Waals surface area contributed by atoms with Crippen LogP contribution in [0.4, 0.5) is 5.69 Å². The minimum absolute atomic E-state index is 0.0413. The molecule has 2 rings (SSSR count). The van der Waals surface area contributed by atoms with Gasteiger partial charge in [0.25, 0.3) is 10.1 Å². The fourth-order valence-corrected chi connectivity index (χ4v) is 2.86. The van der Waals surface area contributed by atoms with Crippen LogP contribution in [0.25, 0.3) is 10.8 Å². The summed E-state index contributed by atoms with van der Waals surface area (Å²) >= 11 is 0. The second kappa shape index (κ2) is 5.86. The highest BCUT2D eigenvalue weighted by Crippen LogP contribution is 2.34. The lowest BCUT2D eigenvalue weighted by Crippen LogP contribution is -2.06. The van der Waals surface area contributed by atoms with Crippen LogP contribution in [0.3, 0.4) is 0 Å². The zero-order valence-electron chi connectivity index (χ0n) is 11.2. The topological polar surface area (TPSA) is 144 Å². The standard InChI is InChI=1S/C12H14NO7PS/c14-12-7-10(22(18,19)20)5-8-1-2-9(6-11(8)12)13-3-4-21(15,16)17/h1-2,5-7,13-14H,3-4H2,(H2,15,16,17)(H,18,19,20). The number of rotatable bonds is 5. The van der Waals surface area contributed by atoms with Crippen LogP contribution in [0, 0.1) is 0 Å². The van der Waals surface area contributed by atoms with E-state index in [4.69, 9.17) is 14.3 Å². The Morgan fingerprint density at radius 3 is 2.41 bits per heavy atom. The first-order valence-electron chi connectivity index (χ1n) is 6.09. The van der Waals surface area contributed by atoms with Gasteiger partial charge in [-0.05, 0) is 23.6 Å². The van der Waals surface area contributed by atoms with Gasteiger partial charge < -0.3 is 20.2 Å². The fourth-order valence-electron chi connectivity index (χ4n) is 1.92. The molecule has 0 aliphatic heterocycles. The Morgan fingerprint density at radius 1 is 1.14 bits per heavy atom. The number of phenols is 1. The normalized spacial score (nSPS) is 12.5. The first kappa shape index (κ1) is 16.7. The monoisotopic (exact) mass is 347 g/mol. The molecule has 2 aromatic rings. The molecule has 2 aromatic carbocycles. The molecule has 0 radical (unpaired) electrons. The van der Waals surface area contributed by atoms with Gasteiger partial charge in [-0.1, -0.05) is 6.07 Å². The molecule has 5 N–H and O–H groups in total. The molecule has 10 heteroatoms. The summed E-state index contributed by atoms with van der Waals surface area (Å²) in [6, 6.07) is 6.73. The summed E-state index contributed by atoms with van der Waals surface area (Å²) in [6.07, 6.45) is -0.335. The van der Waals surface area contributed by atoms with Gasteiger partial charge in [0.1, 0.15) is 5.75 Å². The maximum absolute atomic E-state index is 11.1. The van der Waals surface area contributed by atoms with E-state index in [1.807, 2.05) is 0 Å². The van der Waals surface area contributed by atoms with Crippen molar-refractivity contribution in [1.29, 1.82) is 0 Å². The van der Waals surface area contributed by atoms with E-state index in [1.54, 1.807) is 6.07 Å². The summed E-state index contributed by atoms with van der Waals surface area (Å²) in [5.41, 5.74) is 0.510. The quantitative estimate of drug-likeness (QED) is 0.403. The molecule has 8 nitrogen and oxygen atoms in total. The van der Waals surface area contributed by atoms with Crippen LogP contribution in [-0.4, -0.2) is 40.6 Å². The van der Waals surface area contributed by atoms with Crippen molar-refractivity contribution in [3.8, 4) is 5.75 Å². The number of hydrogen-bond acceptors (Lipinski definition) is 5. The average molecular weight is 347 g/mol. The van der Waals surface area contributed by atoms with Gasteiger partial charge in [-0.2, -0.15) is 8.42 Å². The van der Waals surface area contributed by atoms with E-state index in [0.717, 1.165) is 6.07 Å². The lowest BCUT2D eigenvalue weighted by atomic mass is 10.1. The van der Waals surface area contributed by atoms with E-state index in [2.05, 4.69) is 5.32 Å². The van der Waals surface area contributed by atoms with Crippen molar-refractivity contribution < 1.29 is 32.4 Å². The fraction of sp³-hybridized carbons (Fsp3) is 0.167. The Bertz CT molecular complexity index is 859. The van der Waals surface area contributed by atoms with Crippen molar-refractivity contribution in [2.75, 3.05) is 18.0 Å². The first-order chi connectivity index (χ1) is 10.1. The molecule has 0 bridgehead atoms. The van der Waals surface area contributed by atoms with Crippen molar-refractivity contribution in [3.05, 3.63) is 30.3 Å². The summed E-state index contributed by atoms with van der Waals surface area (Å²) in [6.45, 7) is 0.0413. The number of anilines is 1. The van der Waals surface area contributed by atoms with Gasteiger partial charge in [-0.15, -0.1) is 0 Å². The van der Waals surface area contributed by atoms with E-state index in [-0.39, 0.29) is 18.5 Å². The number of nitrogens with one attached hydrogen (secondary N) is 1. The van der Waals surface area contributed by atoms with Crippen LogP contribution in [0.2, 0.25) is 0 Å². The van der Waals surface area contributed by atoms with Gasteiger partial charge in [0.2, 0.25) is 0 Å². The number of benzene rings is 2. The van der Waals surface area contributed by atoms with Crippen molar-refractivity contribution >= 4 is 34.2 Å². The first-order valence-corrected chi connectivity index (χ1v) is 9.33. The number of aromatic hydroxyl groups is 1. The predicted octanol–water partition coefficient (Wildman–Crippen LogP) is 1.38. The lowest BCUT2D eigenvalue weighted by molar-refractivity contribution is 0.374. The number of hydrogen-bond donors (Lipinski definition) is 5. The van der Waals surface area contributed by atoms with Crippen LogP contribution in [0.1, 0.15) is 0 Å². The third kappa shape index (κ3) is 4.19. The van der Waals surface area contributed by atoms with Crippen LogP contribution < -0.4 is 5.32 Å². The molecule has 0 aromatic heterocycles. The molecule has 0 amide bonds. The minimum Gasteiger partial charge on any atom is -0.507 e. The molecule has 0 saturated heterocycles. The highest BCUT2D eigenvalue weighted by molar-refractivity contribution is 7.85. The molecule has 0 unspecified atom stereocenters. The molecule has 0 saturated carbocycles. The third-order valence-corrected chi connectivity index (χ3v) is 4.57. The Morgan fingerprint density at radius 2 is 1.82 bits per heavy atom. The van der Waals surface area contributed by atoms with Gasteiger partial charge in [0, 0.05) is 23.7 Å². The van der Waals surface area contributed by atoms with Crippen molar-refractivity contribution in [1.82, 2.24) is 0 Å². The SMILES string of the molecule is O=P(O)(O)CCNc1ccc2cc(S(=O)(=O)O)cc(O)c2c1. The minimum atomic E-state index is -4.42. The van der Waals surface area contributed by atoms with Crippen LogP contribution in [-0.2, 0) is 14.7 Å². The highest BCUT2D eigenvalue weighted by atomic mass is 32.2. The van der Waals surface area contributed by atoms with Crippen molar-refractivity contribution in [3.63, 3.8) is 0 Å². The molecule has 0 atom stereocenters. The largest absolute Gasteiger partial charge is 0.507 e. The van der Waals surface area contributed by atoms with Gasteiger partial charge in [-0.3, -0.25) is 9.12 Å². The van der Waals surface area contributed by atoms with Gasteiger partial charge in [0.05, 0.1) is 11.1 Å². The number of fused-ring (bicyclic) bond motifs is 1. The molecule has 0 aliphatic carbocycles. The second-order valence-electron chi connectivity index (χ2n) is 4.67. The summed E-state index contributed by atoms with van der Waals surface area (Å²) < 4.78 is 41.9. The summed E-state index contributed by atoms with van der Waals surface area (Å²) in [4.78, 5) is 17.1. The van der Waals surface area contributed by atoms with Crippen LogP contribution in [0.15, 0.2) is 35.2 Å². The molecule has 120 valence electrons. The maximum atomic E-state index is 11.1. The van der Waals surface area contributed by atoms with Gasteiger partial charge in [-0.25, -0.2) is 0 Å². The molecular formula is C12H14NO7PS. The Hall–Kier alpha value is -1.64. The maximum Gasteiger partial charge on any atom is 0.327 e. The molecule has 0 aliphatic rings. The second-order valence-corrected chi connectivity index (χ2v) is 7.87. The molecule has 0 spiro atoms. The third-order valence-electron chi connectivity index (χ3n) is 2.94. The molecule has 0 heterocycles. The lowest BCUT2D eigenvalue weighted by Gasteiger charge is -2.10. The van der Waals surface area contributed by atoms with Crippen LogP contribution >= 0.6 is 7.60 Å². The molecule has 22 heavy (non-hydrogen) atoms. The Labute approximate surface area is 126 Å².